The Balaban J connectivity index is 2.27. The summed E-state index contributed by atoms with van der Waals surface area (Å²) in [4.78, 5) is 17.0. The minimum atomic E-state index is 0.274. The SMILES string of the molecule is CCNc1nc(NC(C)C(C)CC)nc(-n2cncn2)n1. The van der Waals surface area contributed by atoms with Crippen molar-refractivity contribution in [3.63, 3.8) is 0 Å². The number of hydrogen-bond acceptors (Lipinski definition) is 7. The monoisotopic (exact) mass is 290 g/mol. The van der Waals surface area contributed by atoms with Crippen LogP contribution in [0.25, 0.3) is 5.95 Å². The van der Waals surface area contributed by atoms with Gasteiger partial charge in [0.05, 0.1) is 0 Å². The molecule has 8 heteroatoms. The molecule has 0 amide bonds. The Morgan fingerprint density at radius 2 is 1.90 bits per heavy atom. The van der Waals surface area contributed by atoms with Crippen LogP contribution in [0.15, 0.2) is 12.7 Å². The van der Waals surface area contributed by atoms with Crippen molar-refractivity contribution >= 4 is 11.9 Å². The summed E-state index contributed by atoms with van der Waals surface area (Å²) in [6.07, 6.45) is 4.10. The van der Waals surface area contributed by atoms with Gasteiger partial charge in [-0.25, -0.2) is 4.98 Å². The molecule has 0 fully saturated rings. The molecular formula is C13H22N8. The first-order valence-electron chi connectivity index (χ1n) is 7.25. The predicted molar refractivity (Wildman–Crippen MR) is 81.4 cm³/mol. The zero-order chi connectivity index (χ0) is 15.2. The molecule has 0 aromatic carbocycles. The maximum absolute atomic E-state index is 4.40. The van der Waals surface area contributed by atoms with Gasteiger partial charge < -0.3 is 10.6 Å². The van der Waals surface area contributed by atoms with E-state index in [1.165, 1.54) is 11.0 Å². The quantitative estimate of drug-likeness (QED) is 0.802. The maximum Gasteiger partial charge on any atom is 0.258 e. The van der Waals surface area contributed by atoms with Crippen molar-refractivity contribution in [3.8, 4) is 5.95 Å². The summed E-state index contributed by atoms with van der Waals surface area (Å²) in [7, 11) is 0. The van der Waals surface area contributed by atoms with Crippen LogP contribution in [-0.2, 0) is 0 Å². The van der Waals surface area contributed by atoms with Crippen molar-refractivity contribution in [1.29, 1.82) is 0 Å². The number of aromatic nitrogens is 6. The fraction of sp³-hybridized carbons (Fsp3) is 0.615. The average molecular weight is 290 g/mol. The summed E-state index contributed by atoms with van der Waals surface area (Å²) in [5.74, 6) is 2.03. The van der Waals surface area contributed by atoms with Crippen LogP contribution in [0.3, 0.4) is 0 Å². The molecule has 0 bridgehead atoms. The van der Waals surface area contributed by atoms with Gasteiger partial charge in [0.15, 0.2) is 0 Å². The van der Waals surface area contributed by atoms with E-state index in [-0.39, 0.29) is 6.04 Å². The van der Waals surface area contributed by atoms with Gasteiger partial charge in [-0.05, 0) is 19.8 Å². The van der Waals surface area contributed by atoms with Crippen LogP contribution in [0.1, 0.15) is 34.1 Å². The van der Waals surface area contributed by atoms with Crippen LogP contribution in [0.4, 0.5) is 11.9 Å². The highest BCUT2D eigenvalue weighted by molar-refractivity contribution is 5.38. The van der Waals surface area contributed by atoms with Crippen molar-refractivity contribution < 1.29 is 0 Å². The molecule has 8 nitrogen and oxygen atoms in total. The highest BCUT2D eigenvalue weighted by atomic mass is 15.4. The molecule has 0 saturated carbocycles. The van der Waals surface area contributed by atoms with Gasteiger partial charge in [0, 0.05) is 12.6 Å². The fourth-order valence-electron chi connectivity index (χ4n) is 1.78. The number of hydrogen-bond donors (Lipinski definition) is 2. The molecule has 114 valence electrons. The van der Waals surface area contributed by atoms with E-state index in [9.17, 15) is 0 Å². The van der Waals surface area contributed by atoms with Gasteiger partial charge in [-0.2, -0.15) is 24.7 Å². The number of rotatable bonds is 7. The van der Waals surface area contributed by atoms with Gasteiger partial charge in [-0.3, -0.25) is 0 Å². The molecule has 0 saturated heterocycles. The van der Waals surface area contributed by atoms with Crippen molar-refractivity contribution in [1.82, 2.24) is 29.7 Å². The highest BCUT2D eigenvalue weighted by Crippen LogP contribution is 2.14. The number of anilines is 2. The lowest BCUT2D eigenvalue weighted by Gasteiger charge is -2.20. The van der Waals surface area contributed by atoms with E-state index in [0.717, 1.165) is 13.0 Å². The Morgan fingerprint density at radius 1 is 1.14 bits per heavy atom. The second-order valence-electron chi connectivity index (χ2n) is 4.97. The Hall–Kier alpha value is -2.25. The van der Waals surface area contributed by atoms with Crippen molar-refractivity contribution in [2.24, 2.45) is 5.92 Å². The van der Waals surface area contributed by atoms with Crippen LogP contribution in [0.2, 0.25) is 0 Å². The topological polar surface area (TPSA) is 93.4 Å². The summed E-state index contributed by atoms with van der Waals surface area (Å²) in [5.41, 5.74) is 0. The summed E-state index contributed by atoms with van der Waals surface area (Å²) < 4.78 is 1.52. The van der Waals surface area contributed by atoms with Crippen molar-refractivity contribution in [3.05, 3.63) is 12.7 Å². The van der Waals surface area contributed by atoms with Gasteiger partial charge >= 0.3 is 0 Å². The molecule has 2 atom stereocenters. The summed E-state index contributed by atoms with van der Waals surface area (Å²) in [6.45, 7) is 9.22. The van der Waals surface area contributed by atoms with E-state index in [1.807, 2.05) is 6.92 Å². The van der Waals surface area contributed by atoms with Crippen LogP contribution in [0.5, 0.6) is 0 Å². The first-order valence-corrected chi connectivity index (χ1v) is 7.25. The van der Waals surface area contributed by atoms with Crippen LogP contribution in [0, 0.1) is 5.92 Å². The molecule has 2 unspecified atom stereocenters. The third-order valence-electron chi connectivity index (χ3n) is 3.44. The molecule has 0 radical (unpaired) electrons. The van der Waals surface area contributed by atoms with Gasteiger partial charge in [0.2, 0.25) is 11.9 Å². The van der Waals surface area contributed by atoms with Gasteiger partial charge in [0.1, 0.15) is 12.7 Å². The Bertz CT molecular complexity index is 553. The second-order valence-corrected chi connectivity index (χ2v) is 4.97. The fourth-order valence-corrected chi connectivity index (χ4v) is 1.78. The smallest absolute Gasteiger partial charge is 0.258 e. The van der Waals surface area contributed by atoms with E-state index >= 15 is 0 Å². The zero-order valence-electron chi connectivity index (χ0n) is 12.9. The van der Waals surface area contributed by atoms with Crippen LogP contribution in [-0.4, -0.2) is 42.3 Å². The van der Waals surface area contributed by atoms with Gasteiger partial charge in [0.25, 0.3) is 5.95 Å². The Labute approximate surface area is 124 Å². The molecule has 21 heavy (non-hydrogen) atoms. The summed E-state index contributed by atoms with van der Waals surface area (Å²) in [5, 5.41) is 10.5. The lowest BCUT2D eigenvalue weighted by atomic mass is 10.0. The molecular weight excluding hydrogens is 268 g/mol. The lowest BCUT2D eigenvalue weighted by Crippen LogP contribution is -2.25. The zero-order valence-corrected chi connectivity index (χ0v) is 12.9. The molecule has 2 aromatic heterocycles. The largest absolute Gasteiger partial charge is 0.354 e. The van der Waals surface area contributed by atoms with Gasteiger partial charge in [-0.15, -0.1) is 0 Å². The van der Waals surface area contributed by atoms with Crippen molar-refractivity contribution in [2.75, 3.05) is 17.2 Å². The molecule has 0 aliphatic carbocycles. The lowest BCUT2D eigenvalue weighted by molar-refractivity contribution is 0.492. The normalized spacial score (nSPS) is 13.7. The molecule has 0 aliphatic rings. The molecule has 2 heterocycles. The van der Waals surface area contributed by atoms with E-state index < -0.39 is 0 Å². The predicted octanol–water partition coefficient (Wildman–Crippen LogP) is 1.73. The van der Waals surface area contributed by atoms with Gasteiger partial charge in [-0.1, -0.05) is 20.3 Å². The third kappa shape index (κ3) is 3.87. The highest BCUT2D eigenvalue weighted by Gasteiger charge is 2.14. The number of nitrogens with zero attached hydrogens (tertiary/aromatic N) is 6. The minimum absolute atomic E-state index is 0.274. The summed E-state index contributed by atoms with van der Waals surface area (Å²) in [6, 6.07) is 0.274. The molecule has 2 aromatic rings. The first-order chi connectivity index (χ1) is 10.1. The second kappa shape index (κ2) is 6.96. The van der Waals surface area contributed by atoms with Crippen LogP contribution >= 0.6 is 0 Å². The first kappa shape index (κ1) is 15.1. The van der Waals surface area contributed by atoms with Crippen molar-refractivity contribution in [2.45, 2.75) is 40.2 Å². The van der Waals surface area contributed by atoms with E-state index in [2.05, 4.69) is 56.4 Å². The Kier molecular flexibility index (Phi) is 5.02. The average Bonchev–Trinajstić information content (AvgIpc) is 3.00. The standard InChI is InChI=1S/C13H22N8/c1-5-9(3)10(4)17-12-18-11(15-6-2)19-13(20-12)21-8-14-7-16-21/h7-10H,5-6H2,1-4H3,(H2,15,17,18,19,20). The minimum Gasteiger partial charge on any atom is -0.354 e. The molecule has 0 spiro atoms. The Morgan fingerprint density at radius 3 is 2.52 bits per heavy atom. The summed E-state index contributed by atoms with van der Waals surface area (Å²) >= 11 is 0. The van der Waals surface area contributed by atoms with E-state index in [0.29, 0.717) is 23.8 Å². The molecule has 2 rings (SSSR count). The molecule has 2 N–H and O–H groups in total. The maximum atomic E-state index is 4.40. The van der Waals surface area contributed by atoms with Crippen LogP contribution < -0.4 is 10.6 Å². The van der Waals surface area contributed by atoms with E-state index in [4.69, 9.17) is 0 Å². The molecule has 0 aliphatic heterocycles. The third-order valence-corrected chi connectivity index (χ3v) is 3.44. The number of nitrogens with one attached hydrogen (secondary N) is 2. The van der Waals surface area contributed by atoms with E-state index in [1.54, 1.807) is 6.33 Å².